The van der Waals surface area contributed by atoms with Crippen molar-refractivity contribution in [1.29, 1.82) is 0 Å². The van der Waals surface area contributed by atoms with Crippen molar-refractivity contribution in [3.8, 4) is 0 Å². The second kappa shape index (κ2) is 6.37. The fraction of sp³-hybridized carbons (Fsp3) is 0.176. The average Bonchev–Trinajstić information content (AvgIpc) is 2.82. The Labute approximate surface area is 138 Å². The number of thiophene rings is 1. The summed E-state index contributed by atoms with van der Waals surface area (Å²) in [6.45, 7) is 2.89. The van der Waals surface area contributed by atoms with Gasteiger partial charge in [0.1, 0.15) is 0 Å². The van der Waals surface area contributed by atoms with Crippen LogP contribution in [0.25, 0.3) is 10.1 Å². The van der Waals surface area contributed by atoms with Gasteiger partial charge in [0.15, 0.2) is 0 Å². The zero-order valence-electron chi connectivity index (χ0n) is 11.6. The van der Waals surface area contributed by atoms with Gasteiger partial charge in [0.2, 0.25) is 0 Å². The quantitative estimate of drug-likeness (QED) is 0.611. The Morgan fingerprint density at radius 1 is 1.10 bits per heavy atom. The summed E-state index contributed by atoms with van der Waals surface area (Å²) in [5, 5.41) is 6.27. The minimum atomic E-state index is 0.227. The molecule has 108 valence electrons. The molecule has 0 saturated heterocycles. The maximum absolute atomic E-state index is 6.46. The second-order valence-electron chi connectivity index (χ2n) is 4.99. The predicted octanol–water partition coefficient (Wildman–Crippen LogP) is 6.06. The van der Waals surface area contributed by atoms with Crippen LogP contribution in [0.5, 0.6) is 0 Å². The van der Waals surface area contributed by atoms with Gasteiger partial charge in [-0.2, -0.15) is 0 Å². The molecular formula is C17H15Cl2NS. The normalized spacial score (nSPS) is 12.7. The molecule has 0 bridgehead atoms. The monoisotopic (exact) mass is 335 g/mol. The average molecular weight is 336 g/mol. The van der Waals surface area contributed by atoms with Gasteiger partial charge < -0.3 is 5.32 Å². The van der Waals surface area contributed by atoms with Gasteiger partial charge in [-0.05, 0) is 30.7 Å². The van der Waals surface area contributed by atoms with Crippen molar-refractivity contribution in [3.05, 3.63) is 69.0 Å². The Hall–Kier alpha value is -1.06. The van der Waals surface area contributed by atoms with Gasteiger partial charge in [0.25, 0.3) is 0 Å². The lowest BCUT2D eigenvalue weighted by Gasteiger charge is -2.14. The van der Waals surface area contributed by atoms with E-state index in [1.807, 2.05) is 30.3 Å². The first kappa shape index (κ1) is 14.9. The molecule has 0 amide bonds. The smallest absolute Gasteiger partial charge is 0.0636 e. The van der Waals surface area contributed by atoms with Crippen LogP contribution < -0.4 is 5.32 Å². The first-order chi connectivity index (χ1) is 10.1. The summed E-state index contributed by atoms with van der Waals surface area (Å²) in [7, 11) is 0. The summed E-state index contributed by atoms with van der Waals surface area (Å²) in [5.74, 6) is 0. The summed E-state index contributed by atoms with van der Waals surface area (Å²) >= 11 is 14.2. The summed E-state index contributed by atoms with van der Waals surface area (Å²) in [5.41, 5.74) is 1.18. The minimum Gasteiger partial charge on any atom is -0.305 e. The van der Waals surface area contributed by atoms with Crippen LogP contribution in [0.1, 0.15) is 23.4 Å². The summed E-state index contributed by atoms with van der Waals surface area (Å²) in [4.78, 5) is 1.17. The van der Waals surface area contributed by atoms with Gasteiger partial charge in [-0.25, -0.2) is 0 Å². The van der Waals surface area contributed by atoms with E-state index in [0.717, 1.165) is 22.0 Å². The van der Waals surface area contributed by atoms with Gasteiger partial charge in [-0.1, -0.05) is 53.5 Å². The molecule has 1 heterocycles. The van der Waals surface area contributed by atoms with E-state index in [1.54, 1.807) is 11.3 Å². The number of fused-ring (bicyclic) bond motifs is 1. The molecule has 4 heteroatoms. The third-order valence-corrected chi connectivity index (χ3v) is 5.47. The Bertz CT molecular complexity index is 766. The van der Waals surface area contributed by atoms with Crippen molar-refractivity contribution in [2.24, 2.45) is 0 Å². The van der Waals surface area contributed by atoms with Crippen molar-refractivity contribution in [2.75, 3.05) is 0 Å². The van der Waals surface area contributed by atoms with Crippen molar-refractivity contribution in [3.63, 3.8) is 0 Å². The lowest BCUT2D eigenvalue weighted by Crippen LogP contribution is -2.17. The molecule has 1 nitrogen and oxygen atoms in total. The van der Waals surface area contributed by atoms with E-state index in [9.17, 15) is 0 Å². The molecule has 21 heavy (non-hydrogen) atoms. The second-order valence-corrected chi connectivity index (χ2v) is 6.94. The van der Waals surface area contributed by atoms with E-state index in [1.165, 1.54) is 15.1 Å². The third kappa shape index (κ3) is 3.24. The van der Waals surface area contributed by atoms with Crippen LogP contribution in [0.2, 0.25) is 10.0 Å². The third-order valence-electron chi connectivity index (χ3n) is 3.52. The van der Waals surface area contributed by atoms with Crippen molar-refractivity contribution >= 4 is 44.6 Å². The number of benzene rings is 2. The molecule has 3 aromatic rings. The first-order valence-electron chi connectivity index (χ1n) is 6.80. The lowest BCUT2D eigenvalue weighted by atomic mass is 10.1. The maximum Gasteiger partial charge on any atom is 0.0636 e. The highest BCUT2D eigenvalue weighted by Gasteiger charge is 2.11. The van der Waals surface area contributed by atoms with E-state index < -0.39 is 0 Å². The Morgan fingerprint density at radius 3 is 2.67 bits per heavy atom. The van der Waals surface area contributed by atoms with Crippen LogP contribution >= 0.6 is 34.5 Å². The highest BCUT2D eigenvalue weighted by Crippen LogP contribution is 2.35. The van der Waals surface area contributed by atoms with Crippen LogP contribution in [-0.2, 0) is 6.54 Å². The molecule has 0 unspecified atom stereocenters. The van der Waals surface area contributed by atoms with E-state index >= 15 is 0 Å². The molecule has 0 spiro atoms. The Kier molecular flexibility index (Phi) is 4.51. The zero-order chi connectivity index (χ0) is 14.8. The molecule has 0 aliphatic heterocycles. The van der Waals surface area contributed by atoms with Gasteiger partial charge in [0, 0.05) is 32.6 Å². The minimum absolute atomic E-state index is 0.227. The summed E-state index contributed by atoms with van der Waals surface area (Å²) in [6, 6.07) is 16.4. The molecule has 0 saturated carbocycles. The zero-order valence-corrected chi connectivity index (χ0v) is 13.9. The molecule has 0 aliphatic carbocycles. The number of nitrogens with one attached hydrogen (secondary N) is 1. The molecular weight excluding hydrogens is 321 g/mol. The molecule has 2 aromatic carbocycles. The lowest BCUT2D eigenvalue weighted by molar-refractivity contribution is 0.579. The molecule has 1 N–H and O–H groups in total. The van der Waals surface area contributed by atoms with Gasteiger partial charge in [0.05, 0.1) is 5.02 Å². The van der Waals surface area contributed by atoms with Crippen molar-refractivity contribution in [2.45, 2.75) is 19.5 Å². The molecule has 1 atom stereocenters. The fourth-order valence-electron chi connectivity index (χ4n) is 2.32. The van der Waals surface area contributed by atoms with Crippen LogP contribution in [0.3, 0.4) is 0 Å². The largest absolute Gasteiger partial charge is 0.305 e. The Balaban J connectivity index is 1.75. The molecule has 0 radical (unpaired) electrons. The van der Waals surface area contributed by atoms with Crippen molar-refractivity contribution in [1.82, 2.24) is 5.32 Å². The van der Waals surface area contributed by atoms with Crippen LogP contribution in [0.4, 0.5) is 0 Å². The van der Waals surface area contributed by atoms with Gasteiger partial charge in [-0.3, -0.25) is 0 Å². The van der Waals surface area contributed by atoms with E-state index in [2.05, 4.69) is 30.4 Å². The topological polar surface area (TPSA) is 12.0 Å². The highest BCUT2D eigenvalue weighted by molar-refractivity contribution is 7.19. The summed E-state index contributed by atoms with van der Waals surface area (Å²) in [6.07, 6.45) is 0. The molecule has 3 rings (SSSR count). The number of rotatable bonds is 4. The van der Waals surface area contributed by atoms with Crippen LogP contribution in [0.15, 0.2) is 48.5 Å². The van der Waals surface area contributed by atoms with Crippen LogP contribution in [0, 0.1) is 0 Å². The van der Waals surface area contributed by atoms with Crippen LogP contribution in [-0.4, -0.2) is 0 Å². The summed E-state index contributed by atoms with van der Waals surface area (Å²) < 4.78 is 1.23. The molecule has 0 aliphatic rings. The van der Waals surface area contributed by atoms with E-state index in [4.69, 9.17) is 23.2 Å². The standard InChI is InChI=1S/C17H15Cl2NS/c1-11(12-5-4-6-13(18)9-12)20-10-16-17(19)14-7-2-3-8-15(14)21-16/h2-9,11,20H,10H2,1H3/t11-/m1/s1. The highest BCUT2D eigenvalue weighted by atomic mass is 35.5. The molecule has 0 fully saturated rings. The molecule has 1 aromatic heterocycles. The first-order valence-corrected chi connectivity index (χ1v) is 8.37. The fourth-order valence-corrected chi connectivity index (χ4v) is 3.97. The maximum atomic E-state index is 6.46. The van der Waals surface area contributed by atoms with Gasteiger partial charge >= 0.3 is 0 Å². The van der Waals surface area contributed by atoms with E-state index in [0.29, 0.717) is 0 Å². The number of hydrogen-bond acceptors (Lipinski definition) is 2. The van der Waals surface area contributed by atoms with Crippen molar-refractivity contribution < 1.29 is 0 Å². The number of halogens is 2. The predicted molar refractivity (Wildman–Crippen MR) is 93.5 cm³/mol. The SMILES string of the molecule is C[C@@H](NCc1sc2ccccc2c1Cl)c1cccc(Cl)c1. The number of hydrogen-bond donors (Lipinski definition) is 1. The van der Waals surface area contributed by atoms with Gasteiger partial charge in [-0.15, -0.1) is 11.3 Å². The Morgan fingerprint density at radius 2 is 1.90 bits per heavy atom. The van der Waals surface area contributed by atoms with E-state index in [-0.39, 0.29) is 6.04 Å².